The standard InChI is InChI=1S/C18H32N4OS2/c1-3-19-16(20-10-6-13-24-17-21-11-14-25-17)22-15-18(9-12-23-2)7-4-5-8-18/h11,14H,3-10,12-13,15H2,1-2H3,(H2,19,20,22). The van der Waals surface area contributed by atoms with Crippen LogP contribution >= 0.6 is 23.1 Å². The molecule has 1 heterocycles. The van der Waals surface area contributed by atoms with Crippen molar-refractivity contribution >= 4 is 29.1 Å². The third-order valence-electron chi connectivity index (χ3n) is 4.67. The van der Waals surface area contributed by atoms with Crippen molar-refractivity contribution < 1.29 is 4.74 Å². The highest BCUT2D eigenvalue weighted by Gasteiger charge is 2.33. The molecule has 0 saturated heterocycles. The maximum absolute atomic E-state index is 5.32. The molecule has 1 aromatic rings. The number of thioether (sulfide) groups is 1. The van der Waals surface area contributed by atoms with E-state index >= 15 is 0 Å². The molecule has 0 amide bonds. The van der Waals surface area contributed by atoms with Crippen LogP contribution in [0.25, 0.3) is 0 Å². The number of rotatable bonds is 11. The fourth-order valence-corrected chi connectivity index (χ4v) is 4.89. The molecule has 142 valence electrons. The van der Waals surface area contributed by atoms with Crippen molar-refractivity contribution in [3.05, 3.63) is 11.6 Å². The molecule has 25 heavy (non-hydrogen) atoms. The van der Waals surface area contributed by atoms with Gasteiger partial charge in [-0.3, -0.25) is 4.99 Å². The van der Waals surface area contributed by atoms with Gasteiger partial charge in [-0.15, -0.1) is 11.3 Å². The van der Waals surface area contributed by atoms with Gasteiger partial charge in [0.25, 0.3) is 0 Å². The van der Waals surface area contributed by atoms with Crippen molar-refractivity contribution in [1.29, 1.82) is 0 Å². The number of ether oxygens (including phenoxy) is 1. The zero-order valence-electron chi connectivity index (χ0n) is 15.6. The quantitative estimate of drug-likeness (QED) is 0.263. The minimum Gasteiger partial charge on any atom is -0.385 e. The molecule has 0 radical (unpaired) electrons. The number of guanidine groups is 1. The first-order chi connectivity index (χ1) is 12.3. The van der Waals surface area contributed by atoms with Crippen LogP contribution in [-0.4, -0.2) is 50.0 Å². The van der Waals surface area contributed by atoms with E-state index in [1.54, 1.807) is 18.4 Å². The van der Waals surface area contributed by atoms with E-state index in [0.717, 1.165) is 55.1 Å². The molecule has 0 bridgehead atoms. The first kappa shape index (κ1) is 20.5. The molecule has 0 atom stereocenters. The number of aliphatic imine (C=N–C) groups is 1. The molecular formula is C18H32N4OS2. The van der Waals surface area contributed by atoms with Gasteiger partial charge in [0, 0.05) is 50.7 Å². The minimum atomic E-state index is 0.346. The summed E-state index contributed by atoms with van der Waals surface area (Å²) < 4.78 is 6.47. The van der Waals surface area contributed by atoms with E-state index in [1.807, 2.05) is 23.3 Å². The van der Waals surface area contributed by atoms with Crippen LogP contribution in [-0.2, 0) is 4.74 Å². The largest absolute Gasteiger partial charge is 0.385 e. The number of nitrogens with one attached hydrogen (secondary N) is 2. The van der Waals surface area contributed by atoms with Crippen LogP contribution in [0.1, 0.15) is 45.4 Å². The van der Waals surface area contributed by atoms with Gasteiger partial charge in [0.2, 0.25) is 0 Å². The summed E-state index contributed by atoms with van der Waals surface area (Å²) in [6.45, 7) is 5.69. The average molecular weight is 385 g/mol. The van der Waals surface area contributed by atoms with E-state index in [-0.39, 0.29) is 0 Å². The Morgan fingerprint density at radius 2 is 2.24 bits per heavy atom. The van der Waals surface area contributed by atoms with Crippen LogP contribution in [0.2, 0.25) is 0 Å². The Kier molecular flexibility index (Phi) is 9.65. The van der Waals surface area contributed by atoms with Crippen LogP contribution in [0.3, 0.4) is 0 Å². The zero-order chi connectivity index (χ0) is 17.8. The number of thiazole rings is 1. The van der Waals surface area contributed by atoms with E-state index in [1.165, 1.54) is 25.7 Å². The Labute approximate surface area is 160 Å². The van der Waals surface area contributed by atoms with Crippen LogP contribution in [0, 0.1) is 5.41 Å². The molecule has 5 nitrogen and oxygen atoms in total. The van der Waals surface area contributed by atoms with Gasteiger partial charge in [-0.1, -0.05) is 24.6 Å². The van der Waals surface area contributed by atoms with Gasteiger partial charge in [0.05, 0.1) is 0 Å². The lowest BCUT2D eigenvalue weighted by Gasteiger charge is -2.27. The second kappa shape index (κ2) is 11.8. The van der Waals surface area contributed by atoms with Crippen molar-refractivity contribution in [2.24, 2.45) is 10.4 Å². The van der Waals surface area contributed by atoms with Gasteiger partial charge in [-0.05, 0) is 38.0 Å². The van der Waals surface area contributed by atoms with Crippen LogP contribution in [0.15, 0.2) is 20.9 Å². The number of hydrogen-bond donors (Lipinski definition) is 2. The van der Waals surface area contributed by atoms with Crippen LogP contribution < -0.4 is 10.6 Å². The third kappa shape index (κ3) is 7.54. The number of aromatic nitrogens is 1. The monoisotopic (exact) mass is 384 g/mol. The lowest BCUT2D eigenvalue weighted by atomic mass is 9.83. The minimum absolute atomic E-state index is 0.346. The van der Waals surface area contributed by atoms with E-state index in [0.29, 0.717) is 5.41 Å². The fraction of sp³-hybridized carbons (Fsp3) is 0.778. The predicted molar refractivity (Wildman–Crippen MR) is 109 cm³/mol. The lowest BCUT2D eigenvalue weighted by molar-refractivity contribution is 0.141. The fourth-order valence-electron chi connectivity index (χ4n) is 3.24. The number of nitrogens with zero attached hydrogens (tertiary/aromatic N) is 2. The van der Waals surface area contributed by atoms with Gasteiger partial charge in [0.1, 0.15) is 4.34 Å². The smallest absolute Gasteiger partial charge is 0.191 e. The van der Waals surface area contributed by atoms with Crippen LogP contribution in [0.5, 0.6) is 0 Å². The molecule has 0 spiro atoms. The maximum atomic E-state index is 5.32. The summed E-state index contributed by atoms with van der Waals surface area (Å²) in [5.74, 6) is 2.03. The van der Waals surface area contributed by atoms with Crippen molar-refractivity contribution in [2.45, 2.75) is 49.8 Å². The Balaban J connectivity index is 1.74. The topological polar surface area (TPSA) is 58.5 Å². The second-order valence-electron chi connectivity index (χ2n) is 6.57. The highest BCUT2D eigenvalue weighted by molar-refractivity contribution is 8.00. The molecule has 1 aliphatic rings. The molecule has 2 rings (SSSR count). The van der Waals surface area contributed by atoms with Crippen molar-refractivity contribution in [1.82, 2.24) is 15.6 Å². The van der Waals surface area contributed by atoms with E-state index in [9.17, 15) is 0 Å². The van der Waals surface area contributed by atoms with Gasteiger partial charge in [-0.2, -0.15) is 0 Å². The van der Waals surface area contributed by atoms with Gasteiger partial charge in [0.15, 0.2) is 5.96 Å². The Hall–Kier alpha value is -0.790. The summed E-state index contributed by atoms with van der Waals surface area (Å²) in [6.07, 6.45) is 9.31. The summed E-state index contributed by atoms with van der Waals surface area (Å²) in [4.78, 5) is 9.19. The predicted octanol–water partition coefficient (Wildman–Crippen LogP) is 3.78. The van der Waals surface area contributed by atoms with Gasteiger partial charge < -0.3 is 15.4 Å². The van der Waals surface area contributed by atoms with E-state index < -0.39 is 0 Å². The molecule has 0 aliphatic heterocycles. The average Bonchev–Trinajstić information content (AvgIpc) is 3.30. The molecule has 7 heteroatoms. The summed E-state index contributed by atoms with van der Waals surface area (Å²) in [6, 6.07) is 0. The van der Waals surface area contributed by atoms with Crippen molar-refractivity contribution in [3.63, 3.8) is 0 Å². The molecule has 0 aromatic carbocycles. The number of methoxy groups -OCH3 is 1. The van der Waals surface area contributed by atoms with Gasteiger partial charge in [-0.25, -0.2) is 4.98 Å². The Morgan fingerprint density at radius 3 is 2.92 bits per heavy atom. The molecule has 1 aliphatic carbocycles. The normalized spacial score (nSPS) is 17.0. The molecule has 1 saturated carbocycles. The first-order valence-electron chi connectivity index (χ1n) is 9.31. The number of hydrogen-bond acceptors (Lipinski definition) is 5. The molecular weight excluding hydrogens is 352 g/mol. The summed E-state index contributed by atoms with van der Waals surface area (Å²) in [7, 11) is 1.79. The lowest BCUT2D eigenvalue weighted by Crippen LogP contribution is -2.39. The second-order valence-corrected chi connectivity index (χ2v) is 8.81. The Morgan fingerprint density at radius 1 is 1.40 bits per heavy atom. The molecule has 2 N–H and O–H groups in total. The maximum Gasteiger partial charge on any atom is 0.191 e. The zero-order valence-corrected chi connectivity index (χ0v) is 17.2. The first-order valence-corrected chi connectivity index (χ1v) is 11.2. The highest BCUT2D eigenvalue weighted by atomic mass is 32.2. The van der Waals surface area contributed by atoms with E-state index in [2.05, 4.69) is 22.5 Å². The van der Waals surface area contributed by atoms with Crippen molar-refractivity contribution in [3.8, 4) is 0 Å². The van der Waals surface area contributed by atoms with E-state index in [4.69, 9.17) is 9.73 Å². The molecule has 1 aromatic heterocycles. The highest BCUT2D eigenvalue weighted by Crippen LogP contribution is 2.41. The summed E-state index contributed by atoms with van der Waals surface area (Å²) in [5.41, 5.74) is 0.346. The molecule has 1 fully saturated rings. The third-order valence-corrected chi connectivity index (χ3v) is 6.72. The summed E-state index contributed by atoms with van der Waals surface area (Å²) >= 11 is 3.54. The van der Waals surface area contributed by atoms with Gasteiger partial charge >= 0.3 is 0 Å². The summed E-state index contributed by atoms with van der Waals surface area (Å²) in [5, 5.41) is 8.88. The Bertz CT molecular complexity index is 487. The van der Waals surface area contributed by atoms with Crippen molar-refractivity contribution in [2.75, 3.05) is 39.1 Å². The SMILES string of the molecule is CCNC(=NCC1(CCOC)CCCC1)NCCCSc1nccs1. The molecule has 0 unspecified atom stereocenters. The van der Waals surface area contributed by atoms with Crippen LogP contribution in [0.4, 0.5) is 0 Å².